The molecule has 2 heterocycles. The van der Waals surface area contributed by atoms with Gasteiger partial charge in [0.25, 0.3) is 5.69 Å². The van der Waals surface area contributed by atoms with Crippen LogP contribution in [0.4, 0.5) is 16.3 Å². The van der Waals surface area contributed by atoms with Crippen molar-refractivity contribution in [3.63, 3.8) is 0 Å². The standard InChI is InChI=1S/C20H25N5O5/c1-19(2,3)30-18(27)24-11-14-15(20(24,4)5)22-23(6)16(14)21-17(26)12-8-7-9-13(10-12)25(28)29/h7-10H,11H2,1-6H3,(H,21,22,26)/p+1. The normalized spacial score (nSPS) is 14.9. The van der Waals surface area contributed by atoms with E-state index in [-0.39, 0.29) is 17.8 Å². The van der Waals surface area contributed by atoms with E-state index in [0.717, 1.165) is 11.3 Å². The van der Waals surface area contributed by atoms with Crippen LogP contribution in [0.5, 0.6) is 0 Å². The summed E-state index contributed by atoms with van der Waals surface area (Å²) in [5.41, 5.74) is 0.234. The zero-order chi connectivity index (χ0) is 22.4. The van der Waals surface area contributed by atoms with Crippen LogP contribution in [-0.4, -0.2) is 32.5 Å². The van der Waals surface area contributed by atoms with Crippen LogP contribution in [0.25, 0.3) is 0 Å². The van der Waals surface area contributed by atoms with E-state index >= 15 is 0 Å². The van der Waals surface area contributed by atoms with Gasteiger partial charge in [0.2, 0.25) is 0 Å². The van der Waals surface area contributed by atoms with Gasteiger partial charge in [0.15, 0.2) is 0 Å². The third kappa shape index (κ3) is 3.85. The van der Waals surface area contributed by atoms with Crippen LogP contribution >= 0.6 is 0 Å². The number of carbonyl (C=O) groups excluding carboxylic acids is 2. The molecule has 0 saturated heterocycles. The molecule has 0 aliphatic carbocycles. The summed E-state index contributed by atoms with van der Waals surface area (Å²) in [6.45, 7) is 9.45. The number of anilines is 1. The highest BCUT2D eigenvalue weighted by Crippen LogP contribution is 2.40. The molecule has 0 spiro atoms. The van der Waals surface area contributed by atoms with Crippen molar-refractivity contribution in [2.24, 2.45) is 7.05 Å². The molecule has 2 aromatic rings. The largest absolute Gasteiger partial charge is 0.444 e. The number of aryl methyl sites for hydroxylation is 1. The number of nitro groups is 1. The molecule has 10 heteroatoms. The van der Waals surface area contributed by atoms with Crippen molar-refractivity contribution in [3.8, 4) is 0 Å². The number of nitro benzene ring substituents is 1. The van der Waals surface area contributed by atoms with Crippen LogP contribution in [-0.2, 0) is 23.9 Å². The molecule has 2 amide bonds. The monoisotopic (exact) mass is 416 g/mol. The molecule has 0 bridgehead atoms. The lowest BCUT2D eigenvalue weighted by atomic mass is 10.0. The van der Waals surface area contributed by atoms with E-state index < -0.39 is 28.1 Å². The summed E-state index contributed by atoms with van der Waals surface area (Å²) in [4.78, 5) is 37.5. The number of aromatic nitrogens is 2. The maximum absolute atomic E-state index is 12.7. The first-order valence-electron chi connectivity index (χ1n) is 9.49. The second-order valence-corrected chi connectivity index (χ2v) is 8.76. The van der Waals surface area contributed by atoms with Gasteiger partial charge >= 0.3 is 17.8 Å². The van der Waals surface area contributed by atoms with E-state index in [1.807, 2.05) is 13.8 Å². The fraction of sp³-hybridized carbons (Fsp3) is 0.450. The van der Waals surface area contributed by atoms with Crippen LogP contribution in [0.1, 0.15) is 56.2 Å². The summed E-state index contributed by atoms with van der Waals surface area (Å²) in [5, 5.41) is 17.0. The van der Waals surface area contributed by atoms with Gasteiger partial charge < -0.3 is 4.74 Å². The van der Waals surface area contributed by atoms with Crippen molar-refractivity contribution in [1.82, 2.24) is 10.00 Å². The number of amides is 2. The molecule has 1 aliphatic heterocycles. The Morgan fingerprint density at radius 1 is 1.33 bits per heavy atom. The van der Waals surface area contributed by atoms with Crippen molar-refractivity contribution >= 4 is 23.5 Å². The first kappa shape index (κ1) is 21.3. The first-order chi connectivity index (χ1) is 13.8. The number of ether oxygens (including phenoxy) is 1. The van der Waals surface area contributed by atoms with Crippen LogP contribution in [0.2, 0.25) is 0 Å². The van der Waals surface area contributed by atoms with E-state index in [0.29, 0.717) is 5.82 Å². The predicted octanol–water partition coefficient (Wildman–Crippen LogP) is 2.99. The van der Waals surface area contributed by atoms with E-state index in [1.54, 1.807) is 37.4 Å². The predicted molar refractivity (Wildman–Crippen MR) is 108 cm³/mol. The molecule has 30 heavy (non-hydrogen) atoms. The quantitative estimate of drug-likeness (QED) is 0.453. The molecule has 0 unspecified atom stereocenters. The summed E-state index contributed by atoms with van der Waals surface area (Å²) in [6.07, 6.45) is -0.448. The van der Waals surface area contributed by atoms with Crippen LogP contribution in [0, 0.1) is 10.1 Å². The number of rotatable bonds is 3. The van der Waals surface area contributed by atoms with E-state index in [1.165, 1.54) is 24.3 Å². The van der Waals surface area contributed by atoms with E-state index in [4.69, 9.17) is 4.74 Å². The minimum atomic E-state index is -0.677. The summed E-state index contributed by atoms with van der Waals surface area (Å²) in [6, 6.07) is 5.51. The van der Waals surface area contributed by atoms with Crippen LogP contribution < -0.4 is 10.00 Å². The Morgan fingerprint density at radius 2 is 2.00 bits per heavy atom. The highest BCUT2D eigenvalue weighted by Gasteiger charge is 2.48. The average molecular weight is 416 g/mol. The molecule has 10 nitrogen and oxygen atoms in total. The van der Waals surface area contributed by atoms with Gasteiger partial charge in [-0.25, -0.2) is 20.0 Å². The fourth-order valence-corrected chi connectivity index (χ4v) is 3.47. The second kappa shape index (κ2) is 7.12. The number of hydrogen-bond donors (Lipinski definition) is 2. The Hall–Kier alpha value is -3.43. The summed E-state index contributed by atoms with van der Waals surface area (Å²) in [5.74, 6) is 0.00487. The highest BCUT2D eigenvalue weighted by molar-refractivity contribution is 6.04. The topological polar surface area (TPSA) is 121 Å². The number of nitrogens with zero attached hydrogens (tertiary/aromatic N) is 3. The summed E-state index contributed by atoms with van der Waals surface area (Å²) in [7, 11) is 1.75. The summed E-state index contributed by atoms with van der Waals surface area (Å²) >= 11 is 0. The number of nitrogens with one attached hydrogen (secondary N) is 2. The molecule has 1 aromatic carbocycles. The van der Waals surface area contributed by atoms with Crippen molar-refractivity contribution in [3.05, 3.63) is 51.2 Å². The van der Waals surface area contributed by atoms with Crippen LogP contribution in [0.15, 0.2) is 24.3 Å². The van der Waals surface area contributed by atoms with Gasteiger partial charge in [-0.15, -0.1) is 0 Å². The molecule has 1 aromatic heterocycles. The minimum Gasteiger partial charge on any atom is -0.444 e. The Morgan fingerprint density at radius 3 is 2.60 bits per heavy atom. The van der Waals surface area contributed by atoms with Gasteiger partial charge in [-0.3, -0.25) is 15.0 Å². The number of aromatic amines is 1. The van der Waals surface area contributed by atoms with E-state index in [2.05, 4.69) is 10.4 Å². The Kier molecular flexibility index (Phi) is 5.05. The Bertz CT molecular complexity index is 1030. The molecule has 0 saturated carbocycles. The van der Waals surface area contributed by atoms with Crippen molar-refractivity contribution in [2.75, 3.05) is 5.32 Å². The highest BCUT2D eigenvalue weighted by atomic mass is 16.6. The van der Waals surface area contributed by atoms with Gasteiger partial charge in [-0.05, 0) is 40.7 Å². The smallest absolute Gasteiger partial charge is 0.411 e. The number of carbonyl (C=O) groups is 2. The second-order valence-electron chi connectivity index (χ2n) is 8.76. The maximum Gasteiger partial charge on any atom is 0.411 e. The first-order valence-corrected chi connectivity index (χ1v) is 9.49. The number of hydrogen-bond acceptors (Lipinski definition) is 5. The Balaban J connectivity index is 1.89. The molecule has 0 atom stereocenters. The molecule has 3 rings (SSSR count). The van der Waals surface area contributed by atoms with Gasteiger partial charge in [-0.2, -0.15) is 4.68 Å². The lowest BCUT2D eigenvalue weighted by Crippen LogP contribution is -2.45. The lowest BCUT2D eigenvalue weighted by molar-refractivity contribution is -0.714. The van der Waals surface area contributed by atoms with Gasteiger partial charge in [-0.1, -0.05) is 6.07 Å². The van der Waals surface area contributed by atoms with Gasteiger partial charge in [0, 0.05) is 12.1 Å². The number of H-pyrrole nitrogens is 1. The van der Waals surface area contributed by atoms with Crippen molar-refractivity contribution < 1.29 is 23.9 Å². The Labute approximate surface area is 174 Å². The molecule has 160 valence electrons. The average Bonchev–Trinajstić information content (AvgIpc) is 3.07. The zero-order valence-corrected chi connectivity index (χ0v) is 17.9. The fourth-order valence-electron chi connectivity index (χ4n) is 3.47. The number of non-ortho nitro benzene ring substituents is 1. The maximum atomic E-state index is 12.7. The molecule has 2 N–H and O–H groups in total. The third-order valence-corrected chi connectivity index (χ3v) is 4.97. The number of fused-ring (bicyclic) bond motifs is 1. The lowest BCUT2D eigenvalue weighted by Gasteiger charge is -2.33. The van der Waals surface area contributed by atoms with Gasteiger partial charge in [0.1, 0.15) is 12.6 Å². The van der Waals surface area contributed by atoms with Crippen molar-refractivity contribution in [2.45, 2.75) is 52.3 Å². The molecular weight excluding hydrogens is 390 g/mol. The zero-order valence-electron chi connectivity index (χ0n) is 17.9. The number of benzene rings is 1. The van der Waals surface area contributed by atoms with E-state index in [9.17, 15) is 19.7 Å². The molecular formula is C20H26N5O5+. The molecule has 0 fully saturated rings. The third-order valence-electron chi connectivity index (χ3n) is 4.97. The summed E-state index contributed by atoms with van der Waals surface area (Å²) < 4.78 is 7.19. The molecule has 1 aliphatic rings. The minimum absolute atomic E-state index is 0.163. The van der Waals surface area contributed by atoms with Gasteiger partial charge in [0.05, 0.1) is 33.8 Å². The van der Waals surface area contributed by atoms with Crippen LogP contribution in [0.3, 0.4) is 0 Å². The SMILES string of the molecule is C[n+]1[nH]c2c(c1NC(=O)c1cccc([N+](=O)[O-])c1)CN(C(=O)OC(C)(C)C)C2(C)C. The van der Waals surface area contributed by atoms with Crippen molar-refractivity contribution in [1.29, 1.82) is 0 Å². The molecule has 0 radical (unpaired) electrons.